The predicted molar refractivity (Wildman–Crippen MR) is 102 cm³/mol. The number of nitrogens with one attached hydrogen (secondary N) is 1. The maximum Gasteiger partial charge on any atom is 0.243 e. The zero-order valence-corrected chi connectivity index (χ0v) is 16.3. The van der Waals surface area contributed by atoms with Crippen LogP contribution in [0, 0.1) is 11.3 Å². The lowest BCUT2D eigenvalue weighted by Gasteiger charge is -2.17. The van der Waals surface area contributed by atoms with Crippen LogP contribution in [-0.4, -0.2) is 39.3 Å². The van der Waals surface area contributed by atoms with Crippen LogP contribution in [0.4, 0.5) is 5.69 Å². The molecule has 0 radical (unpaired) electrons. The summed E-state index contributed by atoms with van der Waals surface area (Å²) in [5.74, 6) is -0.135. The molecule has 0 aliphatic carbocycles. The number of sulfonamides is 1. The molecule has 9 heteroatoms. The van der Waals surface area contributed by atoms with Gasteiger partial charge in [0.25, 0.3) is 0 Å². The van der Waals surface area contributed by atoms with E-state index in [1.165, 1.54) is 32.4 Å². The smallest absolute Gasteiger partial charge is 0.243 e. The van der Waals surface area contributed by atoms with Gasteiger partial charge in [0.1, 0.15) is 5.75 Å². The number of nitrogens with zero attached hydrogens (tertiary/aromatic N) is 2. The lowest BCUT2D eigenvalue weighted by molar-refractivity contribution is -0.116. The fourth-order valence-corrected chi connectivity index (χ4v) is 3.75. The number of ether oxygens (including phenoxy) is 1. The van der Waals surface area contributed by atoms with Crippen molar-refractivity contribution in [3.05, 3.63) is 53.1 Å². The van der Waals surface area contributed by atoms with Crippen molar-refractivity contribution < 1.29 is 17.9 Å². The molecule has 2 aromatic rings. The van der Waals surface area contributed by atoms with Gasteiger partial charge >= 0.3 is 0 Å². The molecule has 0 saturated heterocycles. The maximum atomic E-state index is 12.6. The first-order valence-corrected chi connectivity index (χ1v) is 9.65. The number of halogens is 1. The van der Waals surface area contributed by atoms with Crippen LogP contribution < -0.4 is 10.1 Å². The van der Waals surface area contributed by atoms with Crippen LogP contribution in [0.5, 0.6) is 5.75 Å². The molecule has 0 atom stereocenters. The number of rotatable bonds is 7. The van der Waals surface area contributed by atoms with E-state index >= 15 is 0 Å². The first kappa shape index (κ1) is 20.7. The van der Waals surface area contributed by atoms with Crippen molar-refractivity contribution in [3.8, 4) is 11.8 Å². The van der Waals surface area contributed by atoms with E-state index in [1.807, 2.05) is 6.07 Å². The topological polar surface area (TPSA) is 99.5 Å². The molecule has 0 aliphatic rings. The van der Waals surface area contributed by atoms with Gasteiger partial charge in [-0.05, 0) is 35.9 Å². The third kappa shape index (κ3) is 5.20. The van der Waals surface area contributed by atoms with Gasteiger partial charge < -0.3 is 10.1 Å². The summed E-state index contributed by atoms with van der Waals surface area (Å²) in [6, 6.07) is 12.9. The number of carbonyl (C=O) groups is 1. The molecule has 0 unspecified atom stereocenters. The minimum Gasteiger partial charge on any atom is -0.495 e. The van der Waals surface area contributed by atoms with Crippen LogP contribution >= 0.6 is 11.6 Å². The van der Waals surface area contributed by atoms with Gasteiger partial charge in [0.2, 0.25) is 15.9 Å². The number of methoxy groups -OCH3 is 1. The van der Waals surface area contributed by atoms with Crippen molar-refractivity contribution in [1.82, 2.24) is 4.31 Å². The van der Waals surface area contributed by atoms with Gasteiger partial charge in [0.05, 0.1) is 36.1 Å². The van der Waals surface area contributed by atoms with Crippen LogP contribution in [0.15, 0.2) is 47.4 Å². The largest absolute Gasteiger partial charge is 0.495 e. The van der Waals surface area contributed by atoms with Crippen LogP contribution in [0.1, 0.15) is 5.56 Å². The third-order valence-electron chi connectivity index (χ3n) is 3.72. The van der Waals surface area contributed by atoms with Gasteiger partial charge in [-0.25, -0.2) is 8.42 Å². The number of hydrogen-bond donors (Lipinski definition) is 1. The number of hydrogen-bond acceptors (Lipinski definition) is 5. The van der Waals surface area contributed by atoms with Crippen molar-refractivity contribution in [3.63, 3.8) is 0 Å². The van der Waals surface area contributed by atoms with E-state index in [-0.39, 0.29) is 22.9 Å². The minimum absolute atomic E-state index is 0.0375. The normalized spacial score (nSPS) is 11.1. The Kier molecular flexibility index (Phi) is 6.80. The second-order valence-electron chi connectivity index (χ2n) is 5.64. The SMILES string of the molecule is COc1ccc(S(=O)(=O)N(C)CC(=O)Nc2ccc(CC#N)cc2)cc1Cl. The van der Waals surface area contributed by atoms with Crippen molar-refractivity contribution in [1.29, 1.82) is 5.26 Å². The molecular formula is C18H18ClN3O4S. The Morgan fingerprint density at radius 1 is 1.26 bits per heavy atom. The summed E-state index contributed by atoms with van der Waals surface area (Å²) in [6.45, 7) is -0.369. The van der Waals surface area contributed by atoms with Crippen molar-refractivity contribution in [2.75, 3.05) is 26.0 Å². The minimum atomic E-state index is -3.89. The second-order valence-corrected chi connectivity index (χ2v) is 8.09. The third-order valence-corrected chi connectivity index (χ3v) is 5.81. The second kappa shape index (κ2) is 8.86. The van der Waals surface area contributed by atoms with Crippen LogP contribution in [-0.2, 0) is 21.2 Å². The number of nitriles is 1. The highest BCUT2D eigenvalue weighted by Crippen LogP contribution is 2.28. The summed E-state index contributed by atoms with van der Waals surface area (Å²) in [7, 11) is -1.15. The number of anilines is 1. The summed E-state index contributed by atoms with van der Waals surface area (Å²) in [5, 5.41) is 11.4. The highest BCUT2D eigenvalue weighted by Gasteiger charge is 2.24. The molecule has 7 nitrogen and oxygen atoms in total. The van der Waals surface area contributed by atoms with Gasteiger partial charge in [-0.1, -0.05) is 23.7 Å². The molecule has 0 aliphatic heterocycles. The molecular weight excluding hydrogens is 390 g/mol. The fraction of sp³-hybridized carbons (Fsp3) is 0.222. The molecule has 0 heterocycles. The van der Waals surface area contributed by atoms with Crippen molar-refractivity contribution >= 4 is 33.2 Å². The van der Waals surface area contributed by atoms with E-state index in [4.69, 9.17) is 21.6 Å². The summed E-state index contributed by atoms with van der Waals surface area (Å²) in [5.41, 5.74) is 1.34. The van der Waals surface area contributed by atoms with Crippen LogP contribution in [0.2, 0.25) is 5.02 Å². The molecule has 142 valence electrons. The van der Waals surface area contributed by atoms with Crippen molar-refractivity contribution in [2.45, 2.75) is 11.3 Å². The van der Waals surface area contributed by atoms with Crippen molar-refractivity contribution in [2.24, 2.45) is 0 Å². The van der Waals surface area contributed by atoms with Gasteiger partial charge in [-0.2, -0.15) is 9.57 Å². The van der Waals surface area contributed by atoms with E-state index in [1.54, 1.807) is 24.3 Å². The molecule has 0 saturated carbocycles. The summed E-state index contributed by atoms with van der Waals surface area (Å²) in [6.07, 6.45) is 0.277. The molecule has 0 bridgehead atoms. The summed E-state index contributed by atoms with van der Waals surface area (Å²) in [4.78, 5) is 12.1. The average Bonchev–Trinajstić information content (AvgIpc) is 2.63. The molecule has 0 fully saturated rings. The van der Waals surface area contributed by atoms with Gasteiger partial charge in [0, 0.05) is 12.7 Å². The number of carbonyl (C=O) groups excluding carboxylic acids is 1. The van der Waals surface area contributed by atoms with Gasteiger partial charge in [-0.15, -0.1) is 0 Å². The zero-order chi connectivity index (χ0) is 20.0. The van der Waals surface area contributed by atoms with E-state index in [2.05, 4.69) is 5.32 Å². The highest BCUT2D eigenvalue weighted by molar-refractivity contribution is 7.89. The lowest BCUT2D eigenvalue weighted by Crippen LogP contribution is -2.35. The van der Waals surface area contributed by atoms with Crippen LogP contribution in [0.25, 0.3) is 0 Å². The zero-order valence-electron chi connectivity index (χ0n) is 14.8. The summed E-state index contributed by atoms with van der Waals surface area (Å²) >= 11 is 5.98. The lowest BCUT2D eigenvalue weighted by atomic mass is 10.1. The molecule has 2 rings (SSSR count). The van der Waals surface area contributed by atoms with Gasteiger partial charge in [0.15, 0.2) is 0 Å². The first-order valence-electron chi connectivity index (χ1n) is 7.83. The van der Waals surface area contributed by atoms with E-state index in [0.29, 0.717) is 11.4 Å². The average molecular weight is 408 g/mol. The Labute approximate surface area is 163 Å². The predicted octanol–water partition coefficient (Wildman–Crippen LogP) is 2.67. The molecule has 2 aromatic carbocycles. The highest BCUT2D eigenvalue weighted by atomic mass is 35.5. The Bertz CT molecular complexity index is 969. The molecule has 27 heavy (non-hydrogen) atoms. The molecule has 1 N–H and O–H groups in total. The number of amides is 1. The Hall–Kier alpha value is -2.60. The van der Waals surface area contributed by atoms with Crippen LogP contribution in [0.3, 0.4) is 0 Å². The van der Waals surface area contributed by atoms with E-state index in [9.17, 15) is 13.2 Å². The number of benzene rings is 2. The number of likely N-dealkylation sites (N-methyl/N-ethyl adjacent to an activating group) is 1. The molecule has 0 aromatic heterocycles. The van der Waals surface area contributed by atoms with E-state index < -0.39 is 15.9 Å². The fourth-order valence-electron chi connectivity index (χ4n) is 2.27. The Morgan fingerprint density at radius 3 is 2.48 bits per heavy atom. The monoisotopic (exact) mass is 407 g/mol. The first-order chi connectivity index (χ1) is 12.8. The summed E-state index contributed by atoms with van der Waals surface area (Å²) < 4.78 is 31.1. The standard InChI is InChI=1S/C18H18ClN3O4S/c1-22(27(24,25)15-7-8-17(26-2)16(19)11-15)12-18(23)21-14-5-3-13(4-6-14)9-10-20/h3-8,11H,9,12H2,1-2H3,(H,21,23). The molecule has 1 amide bonds. The van der Waals surface area contributed by atoms with Gasteiger partial charge in [-0.3, -0.25) is 4.79 Å². The maximum absolute atomic E-state index is 12.6. The van der Waals surface area contributed by atoms with E-state index in [0.717, 1.165) is 9.87 Å². The Morgan fingerprint density at radius 2 is 1.93 bits per heavy atom. The Balaban J connectivity index is 2.06. The molecule has 0 spiro atoms. The quantitative estimate of drug-likeness (QED) is 0.760.